The molecule has 0 spiro atoms. The van der Waals surface area contributed by atoms with Gasteiger partial charge in [0.15, 0.2) is 0 Å². The second-order valence-electron chi connectivity index (χ2n) is 3.82. The monoisotopic (exact) mass is 287 g/mol. The van der Waals surface area contributed by atoms with Gasteiger partial charge in [-0.3, -0.25) is 0 Å². The second-order valence-corrected chi connectivity index (χ2v) is 3.82. The fraction of sp³-hybridized carbons (Fsp3) is 0.385. The van der Waals surface area contributed by atoms with Crippen LogP contribution in [0.2, 0.25) is 0 Å². The van der Waals surface area contributed by atoms with Crippen molar-refractivity contribution in [1.29, 1.82) is 0 Å². The first-order valence-corrected chi connectivity index (χ1v) is 5.96. The number of nitrogen functional groups attached to an aromatic ring is 1. The van der Waals surface area contributed by atoms with Crippen LogP contribution in [0.15, 0.2) is 18.2 Å². The maximum Gasteiger partial charge on any atom is 0.382 e. The van der Waals surface area contributed by atoms with Crippen molar-refractivity contribution in [2.24, 2.45) is 0 Å². The number of alkyl halides is 2. The number of hydrogen-bond donors (Lipinski definition) is 1. The summed E-state index contributed by atoms with van der Waals surface area (Å²) >= 11 is 0. The van der Waals surface area contributed by atoms with E-state index in [2.05, 4.69) is 4.74 Å². The Kier molecular flexibility index (Phi) is 5.01. The van der Waals surface area contributed by atoms with Gasteiger partial charge >= 0.3 is 17.9 Å². The van der Waals surface area contributed by atoms with Crippen molar-refractivity contribution in [2.75, 3.05) is 18.9 Å². The summed E-state index contributed by atoms with van der Waals surface area (Å²) in [5, 5.41) is 0. The van der Waals surface area contributed by atoms with Gasteiger partial charge in [0.1, 0.15) is 0 Å². The Balaban J connectivity index is 3.20. The molecular formula is C13H15F2NO4. The fourth-order valence-electron chi connectivity index (χ4n) is 1.50. The van der Waals surface area contributed by atoms with Crippen LogP contribution in [-0.4, -0.2) is 25.2 Å². The molecule has 0 fully saturated rings. The topological polar surface area (TPSA) is 78.6 Å². The number of benzene rings is 1. The number of anilines is 1. The Morgan fingerprint density at radius 2 is 1.80 bits per heavy atom. The minimum absolute atomic E-state index is 0.104. The number of ether oxygens (including phenoxy) is 2. The highest BCUT2D eigenvalue weighted by Gasteiger charge is 2.44. The molecule has 0 unspecified atom stereocenters. The van der Waals surface area contributed by atoms with Crippen molar-refractivity contribution in [3.63, 3.8) is 0 Å². The molecule has 0 saturated heterocycles. The van der Waals surface area contributed by atoms with Gasteiger partial charge in [-0.1, -0.05) is 0 Å². The van der Waals surface area contributed by atoms with Crippen molar-refractivity contribution in [2.45, 2.75) is 19.8 Å². The summed E-state index contributed by atoms with van der Waals surface area (Å²) in [5.41, 5.74) is 4.25. The van der Waals surface area contributed by atoms with Crippen LogP contribution in [0.1, 0.15) is 29.8 Å². The number of rotatable bonds is 5. The van der Waals surface area contributed by atoms with Crippen LogP contribution in [0.4, 0.5) is 14.5 Å². The van der Waals surface area contributed by atoms with Crippen LogP contribution in [0.25, 0.3) is 0 Å². The maximum atomic E-state index is 13.9. The van der Waals surface area contributed by atoms with Crippen LogP contribution in [0.5, 0.6) is 0 Å². The van der Waals surface area contributed by atoms with E-state index in [4.69, 9.17) is 10.5 Å². The zero-order valence-electron chi connectivity index (χ0n) is 11.1. The molecule has 1 aromatic rings. The summed E-state index contributed by atoms with van der Waals surface area (Å²) in [6.07, 6.45) is 0. The molecule has 0 amide bonds. The van der Waals surface area contributed by atoms with Crippen molar-refractivity contribution in [3.05, 3.63) is 29.3 Å². The first kappa shape index (κ1) is 15.9. The van der Waals surface area contributed by atoms with Crippen molar-refractivity contribution >= 4 is 17.6 Å². The lowest BCUT2D eigenvalue weighted by Crippen LogP contribution is -2.29. The van der Waals surface area contributed by atoms with Gasteiger partial charge in [-0.25, -0.2) is 9.59 Å². The van der Waals surface area contributed by atoms with E-state index < -0.39 is 23.4 Å². The average Bonchev–Trinajstić information content (AvgIpc) is 2.39. The number of halogens is 2. The largest absolute Gasteiger partial charge is 0.462 e. The van der Waals surface area contributed by atoms with E-state index >= 15 is 0 Å². The maximum absolute atomic E-state index is 13.9. The fourth-order valence-corrected chi connectivity index (χ4v) is 1.50. The third kappa shape index (κ3) is 3.23. The number of esters is 2. The molecule has 20 heavy (non-hydrogen) atoms. The lowest BCUT2D eigenvalue weighted by molar-refractivity contribution is -0.173. The molecule has 0 atom stereocenters. The number of nitrogens with two attached hydrogens (primary N) is 1. The van der Waals surface area contributed by atoms with Crippen LogP contribution in [0, 0.1) is 0 Å². The molecule has 2 N–H and O–H groups in total. The molecule has 110 valence electrons. The minimum Gasteiger partial charge on any atom is -0.462 e. The van der Waals surface area contributed by atoms with Crippen LogP contribution >= 0.6 is 0 Å². The highest BCUT2D eigenvalue weighted by Crippen LogP contribution is 2.34. The third-order valence-electron chi connectivity index (χ3n) is 2.43. The average molecular weight is 287 g/mol. The predicted molar refractivity (Wildman–Crippen MR) is 67.3 cm³/mol. The van der Waals surface area contributed by atoms with Gasteiger partial charge in [-0.2, -0.15) is 8.78 Å². The van der Waals surface area contributed by atoms with Crippen molar-refractivity contribution < 1.29 is 27.8 Å². The molecular weight excluding hydrogens is 272 g/mol. The first-order valence-electron chi connectivity index (χ1n) is 5.96. The predicted octanol–water partition coefficient (Wildman–Crippen LogP) is 2.10. The third-order valence-corrected chi connectivity index (χ3v) is 2.43. The van der Waals surface area contributed by atoms with Gasteiger partial charge in [0.25, 0.3) is 0 Å². The van der Waals surface area contributed by atoms with Gasteiger partial charge in [-0.15, -0.1) is 0 Å². The summed E-state index contributed by atoms with van der Waals surface area (Å²) in [6, 6.07) is 3.21. The Morgan fingerprint density at radius 3 is 2.35 bits per heavy atom. The van der Waals surface area contributed by atoms with Gasteiger partial charge in [0.05, 0.1) is 24.3 Å². The van der Waals surface area contributed by atoms with Crippen molar-refractivity contribution in [3.8, 4) is 0 Å². The molecule has 0 aliphatic carbocycles. The Labute approximate surface area is 114 Å². The summed E-state index contributed by atoms with van der Waals surface area (Å²) in [5.74, 6) is -6.41. The van der Waals surface area contributed by atoms with Crippen LogP contribution < -0.4 is 5.73 Å². The molecule has 0 bridgehead atoms. The molecule has 1 aromatic carbocycles. The number of hydrogen-bond acceptors (Lipinski definition) is 5. The smallest absolute Gasteiger partial charge is 0.382 e. The lowest BCUT2D eigenvalue weighted by atomic mass is 10.0. The molecule has 0 aromatic heterocycles. The highest BCUT2D eigenvalue weighted by molar-refractivity contribution is 5.91. The van der Waals surface area contributed by atoms with E-state index in [1.165, 1.54) is 13.0 Å². The molecule has 0 aliphatic rings. The molecule has 0 saturated carbocycles. The molecule has 7 heteroatoms. The van der Waals surface area contributed by atoms with E-state index in [9.17, 15) is 18.4 Å². The van der Waals surface area contributed by atoms with Gasteiger partial charge in [0.2, 0.25) is 0 Å². The molecule has 0 heterocycles. The van der Waals surface area contributed by atoms with Crippen molar-refractivity contribution in [1.82, 2.24) is 0 Å². The Morgan fingerprint density at radius 1 is 1.20 bits per heavy atom. The van der Waals surface area contributed by atoms with Crippen LogP contribution in [0.3, 0.4) is 0 Å². The summed E-state index contributed by atoms with van der Waals surface area (Å²) in [7, 11) is 0. The first-order chi connectivity index (χ1) is 9.34. The molecule has 0 aliphatic heterocycles. The molecule has 1 rings (SSSR count). The highest BCUT2D eigenvalue weighted by atomic mass is 19.3. The number of carbonyl (C=O) groups is 2. The van der Waals surface area contributed by atoms with E-state index in [0.717, 1.165) is 12.1 Å². The van der Waals surface area contributed by atoms with E-state index in [1.54, 1.807) is 6.92 Å². The second kappa shape index (κ2) is 6.31. The van der Waals surface area contributed by atoms with E-state index in [1.807, 2.05) is 0 Å². The zero-order chi connectivity index (χ0) is 15.3. The summed E-state index contributed by atoms with van der Waals surface area (Å²) in [6.45, 7) is 2.91. The summed E-state index contributed by atoms with van der Waals surface area (Å²) in [4.78, 5) is 22.8. The number of carbonyl (C=O) groups excluding carboxylic acids is 2. The Bertz CT molecular complexity index is 517. The standard InChI is InChI=1S/C13H15F2NO4/c1-3-19-11(17)8-5-6-10(16)9(7-8)13(14,15)12(18)20-4-2/h5-7H,3-4,16H2,1-2H3. The van der Waals surface area contributed by atoms with E-state index in [-0.39, 0.29) is 24.5 Å². The van der Waals surface area contributed by atoms with Crippen LogP contribution in [-0.2, 0) is 20.2 Å². The molecule has 5 nitrogen and oxygen atoms in total. The van der Waals surface area contributed by atoms with E-state index in [0.29, 0.717) is 0 Å². The normalized spacial score (nSPS) is 11.0. The summed E-state index contributed by atoms with van der Waals surface area (Å²) < 4.78 is 36.8. The quantitative estimate of drug-likeness (QED) is 0.662. The van der Waals surface area contributed by atoms with Gasteiger partial charge in [0, 0.05) is 5.69 Å². The van der Waals surface area contributed by atoms with Gasteiger partial charge in [-0.05, 0) is 32.0 Å². The Hall–Kier alpha value is -2.18. The lowest BCUT2D eigenvalue weighted by Gasteiger charge is -2.17. The minimum atomic E-state index is -3.93. The zero-order valence-corrected chi connectivity index (χ0v) is 11.1. The molecule has 0 radical (unpaired) electrons. The van der Waals surface area contributed by atoms with Gasteiger partial charge < -0.3 is 15.2 Å². The SMILES string of the molecule is CCOC(=O)c1ccc(N)c(C(F)(F)C(=O)OCC)c1.